The van der Waals surface area contributed by atoms with Crippen LogP contribution in [0.1, 0.15) is 37.7 Å². The number of thiazole rings is 1. The number of hydrogen-bond acceptors (Lipinski definition) is 5. The normalized spacial score (nSPS) is 15.6. The molecular weight excluding hydrogens is 356 g/mol. The second-order valence-electron chi connectivity index (χ2n) is 7.27. The molecule has 4 aromatic rings. The standard InChI is InChI=1S/C20H22N6S/c21-19-24-16-7-4-10-22-18(16)26(19)12-13-8-9-15-17(11-13)27-20(25-15)23-14-5-2-1-3-6-14/h4,7-11,14H,1-3,5-6,12H2,(H3,21,23,24,25)/p+1. The van der Waals surface area contributed by atoms with Crippen LogP contribution in [0.5, 0.6) is 0 Å². The van der Waals surface area contributed by atoms with Crippen LogP contribution in [0.15, 0.2) is 36.5 Å². The van der Waals surface area contributed by atoms with Crippen LogP contribution in [-0.2, 0) is 6.54 Å². The molecule has 3 aromatic heterocycles. The molecule has 0 spiro atoms. The Morgan fingerprint density at radius 2 is 2.11 bits per heavy atom. The maximum absolute atomic E-state index is 6.17. The van der Waals surface area contributed by atoms with E-state index in [1.165, 1.54) is 42.4 Å². The number of rotatable bonds is 4. The summed E-state index contributed by atoms with van der Waals surface area (Å²) in [6.45, 7) is 0.683. The zero-order chi connectivity index (χ0) is 18.2. The first kappa shape index (κ1) is 16.5. The zero-order valence-corrected chi connectivity index (χ0v) is 15.9. The van der Waals surface area contributed by atoms with Gasteiger partial charge < -0.3 is 11.1 Å². The van der Waals surface area contributed by atoms with E-state index >= 15 is 0 Å². The Balaban J connectivity index is 1.41. The molecule has 1 aliphatic carbocycles. The van der Waals surface area contributed by atoms with Gasteiger partial charge in [0.1, 0.15) is 0 Å². The predicted octanol–water partition coefficient (Wildman–Crippen LogP) is 3.84. The van der Waals surface area contributed by atoms with Crippen LogP contribution < -0.4 is 15.6 Å². The van der Waals surface area contributed by atoms with Gasteiger partial charge >= 0.3 is 5.95 Å². The van der Waals surface area contributed by atoms with E-state index in [2.05, 4.69) is 33.5 Å². The Labute approximate surface area is 161 Å². The highest BCUT2D eigenvalue weighted by atomic mass is 32.1. The van der Waals surface area contributed by atoms with Crippen molar-refractivity contribution in [2.24, 2.45) is 0 Å². The van der Waals surface area contributed by atoms with Crippen molar-refractivity contribution in [2.75, 3.05) is 11.1 Å². The molecule has 0 atom stereocenters. The first-order valence-electron chi connectivity index (χ1n) is 9.54. The van der Waals surface area contributed by atoms with E-state index in [0.29, 0.717) is 18.5 Å². The number of nitrogens with two attached hydrogens (primary N) is 1. The van der Waals surface area contributed by atoms with Crippen LogP contribution in [0.3, 0.4) is 0 Å². The van der Waals surface area contributed by atoms with Gasteiger partial charge in [-0.15, -0.1) is 4.98 Å². The summed E-state index contributed by atoms with van der Waals surface area (Å²) in [7, 11) is 0. The second-order valence-corrected chi connectivity index (χ2v) is 8.30. The van der Waals surface area contributed by atoms with Gasteiger partial charge in [0.05, 0.1) is 23.0 Å². The number of imidazole rings is 1. The number of nitrogen functional groups attached to an aromatic ring is 1. The van der Waals surface area contributed by atoms with Gasteiger partial charge in [-0.1, -0.05) is 36.7 Å². The number of anilines is 2. The molecule has 5 rings (SSSR count). The molecule has 0 radical (unpaired) electrons. The van der Waals surface area contributed by atoms with E-state index in [-0.39, 0.29) is 0 Å². The summed E-state index contributed by atoms with van der Waals surface area (Å²) in [5, 5.41) is 4.67. The van der Waals surface area contributed by atoms with Crippen LogP contribution >= 0.6 is 11.3 Å². The lowest BCUT2D eigenvalue weighted by atomic mass is 9.96. The third-order valence-corrected chi connectivity index (χ3v) is 6.27. The maximum Gasteiger partial charge on any atom is 0.312 e. The van der Waals surface area contributed by atoms with E-state index < -0.39 is 0 Å². The van der Waals surface area contributed by atoms with Crippen molar-refractivity contribution in [3.8, 4) is 0 Å². The van der Waals surface area contributed by atoms with Gasteiger partial charge in [-0.05, 0) is 42.7 Å². The highest BCUT2D eigenvalue weighted by molar-refractivity contribution is 7.22. The Hall–Kier alpha value is -2.67. The predicted molar refractivity (Wildman–Crippen MR) is 110 cm³/mol. The molecule has 27 heavy (non-hydrogen) atoms. The fourth-order valence-corrected chi connectivity index (χ4v) is 4.93. The highest BCUT2D eigenvalue weighted by Gasteiger charge is 2.17. The van der Waals surface area contributed by atoms with Crippen molar-refractivity contribution in [1.29, 1.82) is 0 Å². The summed E-state index contributed by atoms with van der Waals surface area (Å²) in [5.74, 6) is 0.618. The third-order valence-electron chi connectivity index (χ3n) is 5.32. The van der Waals surface area contributed by atoms with Crippen molar-refractivity contribution < 1.29 is 4.57 Å². The minimum atomic E-state index is 0.575. The molecule has 3 heterocycles. The second kappa shape index (κ2) is 6.81. The van der Waals surface area contributed by atoms with Gasteiger partial charge in [0.15, 0.2) is 10.6 Å². The molecule has 1 aliphatic rings. The van der Waals surface area contributed by atoms with Gasteiger partial charge in [0.25, 0.3) is 5.65 Å². The van der Waals surface area contributed by atoms with E-state index in [1.807, 2.05) is 16.7 Å². The molecule has 138 valence electrons. The van der Waals surface area contributed by atoms with E-state index in [9.17, 15) is 0 Å². The summed E-state index contributed by atoms with van der Waals surface area (Å²) in [4.78, 5) is 12.4. The number of nitrogens with zero attached hydrogens (tertiary/aromatic N) is 3. The summed E-state index contributed by atoms with van der Waals surface area (Å²) in [6.07, 6.45) is 8.32. The summed E-state index contributed by atoms with van der Waals surface area (Å²) in [5.41, 5.74) is 10.2. The molecule has 0 bridgehead atoms. The van der Waals surface area contributed by atoms with Gasteiger partial charge in [0.2, 0.25) is 0 Å². The van der Waals surface area contributed by atoms with E-state index in [1.54, 1.807) is 17.5 Å². The lowest BCUT2D eigenvalue weighted by molar-refractivity contribution is -0.649. The lowest BCUT2D eigenvalue weighted by Crippen LogP contribution is -2.36. The molecule has 6 nitrogen and oxygen atoms in total. The van der Waals surface area contributed by atoms with Crippen molar-refractivity contribution in [3.05, 3.63) is 42.1 Å². The highest BCUT2D eigenvalue weighted by Crippen LogP contribution is 2.29. The van der Waals surface area contributed by atoms with Crippen LogP contribution in [0.25, 0.3) is 21.4 Å². The topological polar surface area (TPSA) is 83.5 Å². The van der Waals surface area contributed by atoms with Crippen LogP contribution in [0.4, 0.5) is 11.1 Å². The minimum Gasteiger partial charge on any atom is -0.359 e. The van der Waals surface area contributed by atoms with Crippen LogP contribution in [0.2, 0.25) is 0 Å². The number of fused-ring (bicyclic) bond motifs is 2. The monoisotopic (exact) mass is 379 g/mol. The average molecular weight is 380 g/mol. The van der Waals surface area contributed by atoms with E-state index in [4.69, 9.17) is 10.7 Å². The molecule has 1 fully saturated rings. The van der Waals surface area contributed by atoms with Gasteiger partial charge in [-0.25, -0.2) is 9.55 Å². The number of nitrogens with one attached hydrogen (secondary N) is 2. The smallest absolute Gasteiger partial charge is 0.312 e. The summed E-state index contributed by atoms with van der Waals surface area (Å²) >= 11 is 1.74. The van der Waals surface area contributed by atoms with Gasteiger partial charge in [-0.2, -0.15) is 0 Å². The Kier molecular flexibility index (Phi) is 4.16. The maximum atomic E-state index is 6.17. The van der Waals surface area contributed by atoms with E-state index in [0.717, 1.165) is 21.8 Å². The van der Waals surface area contributed by atoms with Crippen molar-refractivity contribution in [2.45, 2.75) is 44.7 Å². The lowest BCUT2D eigenvalue weighted by Gasteiger charge is -2.22. The van der Waals surface area contributed by atoms with Crippen LogP contribution in [-0.4, -0.2) is 21.0 Å². The Morgan fingerprint density at radius 3 is 3.00 bits per heavy atom. The largest absolute Gasteiger partial charge is 0.359 e. The van der Waals surface area contributed by atoms with Gasteiger partial charge in [-0.3, -0.25) is 4.98 Å². The number of pyridine rings is 1. The molecule has 0 saturated heterocycles. The first-order valence-corrected chi connectivity index (χ1v) is 10.4. The fourth-order valence-electron chi connectivity index (χ4n) is 3.92. The fraction of sp³-hybridized carbons (Fsp3) is 0.350. The van der Waals surface area contributed by atoms with Crippen molar-refractivity contribution in [3.63, 3.8) is 0 Å². The van der Waals surface area contributed by atoms with Crippen LogP contribution in [0, 0.1) is 0 Å². The molecule has 0 amide bonds. The number of aromatic nitrogens is 4. The molecule has 0 aliphatic heterocycles. The molecule has 0 unspecified atom stereocenters. The van der Waals surface area contributed by atoms with Crippen molar-refractivity contribution >= 4 is 43.8 Å². The molecular formula is C20H23N6S+. The van der Waals surface area contributed by atoms with Crippen molar-refractivity contribution in [1.82, 2.24) is 15.0 Å². The van der Waals surface area contributed by atoms with Gasteiger partial charge in [0, 0.05) is 6.04 Å². The number of aromatic amines is 1. The SMILES string of the molecule is Nc1[nH]c2cccnc2[n+]1Cc1ccc2nc(NC3CCCCC3)sc2c1. The number of hydrogen-bond donors (Lipinski definition) is 3. The molecule has 7 heteroatoms. The molecule has 1 aromatic carbocycles. The summed E-state index contributed by atoms with van der Waals surface area (Å²) in [6, 6.07) is 10.9. The first-order chi connectivity index (χ1) is 13.3. The summed E-state index contributed by atoms with van der Waals surface area (Å²) < 4.78 is 3.22. The zero-order valence-electron chi connectivity index (χ0n) is 15.1. The average Bonchev–Trinajstić information content (AvgIpc) is 3.22. The number of benzene rings is 1. The quantitative estimate of drug-likeness (QED) is 0.471. The Bertz CT molecular complexity index is 1090. The minimum absolute atomic E-state index is 0.575. The number of H-pyrrole nitrogens is 1. The third kappa shape index (κ3) is 3.23. The molecule has 4 N–H and O–H groups in total. The Morgan fingerprint density at radius 1 is 1.22 bits per heavy atom. The molecule has 1 saturated carbocycles.